The summed E-state index contributed by atoms with van der Waals surface area (Å²) in [5.74, 6) is 0.394. The predicted octanol–water partition coefficient (Wildman–Crippen LogP) is 6.77. The van der Waals surface area contributed by atoms with E-state index in [1.165, 1.54) is 12.5 Å². The third-order valence-corrected chi connectivity index (χ3v) is 9.58. The Hall–Kier alpha value is -3.29. The molecule has 0 spiro atoms. The van der Waals surface area contributed by atoms with Gasteiger partial charge in [0, 0.05) is 48.4 Å². The van der Waals surface area contributed by atoms with Gasteiger partial charge in [-0.15, -0.1) is 0 Å². The Morgan fingerprint density at radius 1 is 0.814 bits per heavy atom. The lowest BCUT2D eigenvalue weighted by Crippen LogP contribution is -2.68. The molecule has 0 aliphatic carbocycles. The van der Waals surface area contributed by atoms with E-state index in [9.17, 15) is 4.79 Å². The highest BCUT2D eigenvalue weighted by Crippen LogP contribution is 2.45. The molecule has 5 nitrogen and oxygen atoms in total. The molecule has 4 aromatic rings. The second-order valence-corrected chi connectivity index (χ2v) is 12.6. The second kappa shape index (κ2) is 13.6. The van der Waals surface area contributed by atoms with Gasteiger partial charge in [0.1, 0.15) is 5.60 Å². The number of benzene rings is 4. The van der Waals surface area contributed by atoms with E-state index < -0.39 is 5.60 Å². The number of hydrogen-bond donors (Lipinski definition) is 1. The molecule has 43 heavy (non-hydrogen) atoms. The van der Waals surface area contributed by atoms with E-state index in [0.29, 0.717) is 25.2 Å². The van der Waals surface area contributed by atoms with Crippen LogP contribution in [0.5, 0.6) is 0 Å². The van der Waals surface area contributed by atoms with Crippen molar-refractivity contribution in [3.8, 4) is 0 Å². The Morgan fingerprint density at radius 2 is 1.37 bits per heavy atom. The molecule has 0 saturated carbocycles. The lowest BCUT2D eigenvalue weighted by molar-refractivity contribution is -0.142. The number of hydrogen-bond acceptors (Lipinski definition) is 5. The Labute approximate surface area is 263 Å². The number of ether oxygens (including phenoxy) is 2. The van der Waals surface area contributed by atoms with Gasteiger partial charge in [-0.25, -0.2) is 0 Å². The number of halogens is 1. The summed E-state index contributed by atoms with van der Waals surface area (Å²) in [7, 11) is 0. The molecule has 1 unspecified atom stereocenters. The Morgan fingerprint density at radius 3 is 1.91 bits per heavy atom. The van der Waals surface area contributed by atoms with Crippen LogP contribution in [0.15, 0.2) is 120 Å². The van der Waals surface area contributed by atoms with E-state index in [0.717, 1.165) is 47.2 Å². The van der Waals surface area contributed by atoms with E-state index in [1.807, 2.05) is 0 Å². The van der Waals surface area contributed by atoms with Crippen LogP contribution >= 0.6 is 15.9 Å². The number of nitrogens with zero attached hydrogens (tertiary/aromatic N) is 1. The molecule has 2 aliphatic rings. The minimum Gasteiger partial charge on any atom is -0.466 e. The van der Waals surface area contributed by atoms with Crippen molar-refractivity contribution in [1.29, 1.82) is 0 Å². The van der Waals surface area contributed by atoms with Gasteiger partial charge < -0.3 is 14.8 Å². The molecule has 2 saturated heterocycles. The maximum absolute atomic E-state index is 11.5. The summed E-state index contributed by atoms with van der Waals surface area (Å²) in [6.45, 7) is 5.17. The van der Waals surface area contributed by atoms with Crippen LogP contribution in [-0.2, 0) is 19.9 Å². The molecule has 6 rings (SSSR count). The van der Waals surface area contributed by atoms with Crippen LogP contribution in [0, 0.1) is 5.92 Å². The molecule has 1 N–H and O–H groups in total. The summed E-state index contributed by atoms with van der Waals surface area (Å²) in [5.41, 5.74) is 3.90. The zero-order chi connectivity index (χ0) is 29.6. The first kappa shape index (κ1) is 29.8. The summed E-state index contributed by atoms with van der Waals surface area (Å²) in [4.78, 5) is 14.1. The first-order valence-electron chi connectivity index (χ1n) is 15.2. The van der Waals surface area contributed by atoms with Gasteiger partial charge >= 0.3 is 5.97 Å². The highest BCUT2D eigenvalue weighted by molar-refractivity contribution is 9.10. The summed E-state index contributed by atoms with van der Waals surface area (Å²) in [5, 5.41) is 3.69. The monoisotopic (exact) mass is 638 g/mol. The van der Waals surface area contributed by atoms with Crippen molar-refractivity contribution >= 4 is 21.9 Å². The molecule has 0 bridgehead atoms. The molecule has 2 heterocycles. The molecule has 0 aromatic heterocycles. The van der Waals surface area contributed by atoms with Gasteiger partial charge in [0.15, 0.2) is 0 Å². The molecule has 4 atom stereocenters. The van der Waals surface area contributed by atoms with E-state index >= 15 is 0 Å². The molecule has 2 aliphatic heterocycles. The molecule has 0 radical (unpaired) electrons. The van der Waals surface area contributed by atoms with Crippen molar-refractivity contribution in [2.24, 2.45) is 5.92 Å². The number of rotatable bonds is 9. The van der Waals surface area contributed by atoms with E-state index in [2.05, 4.69) is 141 Å². The van der Waals surface area contributed by atoms with Crippen LogP contribution in [-0.4, -0.2) is 55.8 Å². The van der Waals surface area contributed by atoms with Gasteiger partial charge in [0.25, 0.3) is 0 Å². The molecule has 6 heteroatoms. The van der Waals surface area contributed by atoms with Gasteiger partial charge in [-0.1, -0.05) is 119 Å². The van der Waals surface area contributed by atoms with E-state index in [-0.39, 0.29) is 17.9 Å². The number of carbonyl (C=O) groups is 1. The number of esters is 1. The van der Waals surface area contributed by atoms with Crippen LogP contribution in [0.4, 0.5) is 0 Å². The highest BCUT2D eigenvalue weighted by atomic mass is 79.9. The van der Waals surface area contributed by atoms with Crippen molar-refractivity contribution in [2.45, 2.75) is 36.9 Å². The topological polar surface area (TPSA) is 50.8 Å². The van der Waals surface area contributed by atoms with Crippen molar-refractivity contribution in [2.75, 3.05) is 32.8 Å². The van der Waals surface area contributed by atoms with Crippen LogP contribution in [0.25, 0.3) is 0 Å². The smallest absolute Gasteiger partial charge is 0.302 e. The summed E-state index contributed by atoms with van der Waals surface area (Å²) >= 11 is 3.62. The molecular formula is C37H39BrN2O3. The minimum absolute atomic E-state index is 0.191. The van der Waals surface area contributed by atoms with Gasteiger partial charge in [-0.05, 0) is 47.4 Å². The quantitative estimate of drug-likeness (QED) is 0.162. The molecule has 4 aromatic carbocycles. The first-order valence-corrected chi connectivity index (χ1v) is 16.0. The normalized spacial score (nSPS) is 22.5. The number of carbonyl (C=O) groups excluding carboxylic acids is 1. The fraction of sp³-hybridized carbons (Fsp3) is 0.324. The van der Waals surface area contributed by atoms with E-state index in [4.69, 9.17) is 9.47 Å². The zero-order valence-electron chi connectivity index (χ0n) is 24.6. The Kier molecular flexibility index (Phi) is 9.39. The van der Waals surface area contributed by atoms with Crippen molar-refractivity contribution in [3.63, 3.8) is 0 Å². The fourth-order valence-electron chi connectivity index (χ4n) is 6.94. The lowest BCUT2D eigenvalue weighted by atomic mass is 9.74. The standard InChI is InChI=1S/C37H39BrN2O3/c1-27(41)42-25-28-21-22-40-34(24-39-23-28)36(29-17-19-33(38)20-18-29)35(40)26-43-37(30-11-5-2-6-12-30,31-13-7-3-8-14-31)32-15-9-4-10-16-32/h2-20,28,34-36,39H,21-26H2,1H3/t28?,34-,35+,36+/m0/s1. The molecular weight excluding hydrogens is 600 g/mol. The largest absolute Gasteiger partial charge is 0.466 e. The summed E-state index contributed by atoms with van der Waals surface area (Å²) < 4.78 is 13.8. The maximum Gasteiger partial charge on any atom is 0.302 e. The highest BCUT2D eigenvalue weighted by Gasteiger charge is 2.50. The van der Waals surface area contributed by atoms with Gasteiger partial charge in [0.2, 0.25) is 0 Å². The SMILES string of the molecule is CC(=O)OCC1CCN2[C@H](COC(c3ccccc3)(c3ccccc3)c3ccccc3)[C@H](c3ccc(Br)cc3)[C@@H]2CNC1. The van der Waals surface area contributed by atoms with Crippen LogP contribution in [0.1, 0.15) is 41.5 Å². The maximum atomic E-state index is 11.5. The van der Waals surface area contributed by atoms with Crippen molar-refractivity contribution in [3.05, 3.63) is 142 Å². The number of fused-ring (bicyclic) bond motifs is 1. The van der Waals surface area contributed by atoms with Crippen LogP contribution < -0.4 is 5.32 Å². The predicted molar refractivity (Wildman–Crippen MR) is 174 cm³/mol. The van der Waals surface area contributed by atoms with Crippen molar-refractivity contribution in [1.82, 2.24) is 10.2 Å². The Balaban J connectivity index is 1.36. The second-order valence-electron chi connectivity index (χ2n) is 11.7. The third kappa shape index (κ3) is 6.34. The van der Waals surface area contributed by atoms with Crippen LogP contribution in [0.3, 0.4) is 0 Å². The first-order chi connectivity index (χ1) is 21.1. The average Bonchev–Trinajstić information content (AvgIpc) is 3.03. The molecule has 0 amide bonds. The summed E-state index contributed by atoms with van der Waals surface area (Å²) in [6, 6.07) is 41.1. The lowest BCUT2D eigenvalue weighted by Gasteiger charge is -2.57. The average molecular weight is 640 g/mol. The molecule has 2 fully saturated rings. The Bertz CT molecular complexity index is 1370. The number of nitrogens with one attached hydrogen (secondary N) is 1. The van der Waals surface area contributed by atoms with Gasteiger partial charge in [-0.2, -0.15) is 0 Å². The molecule has 222 valence electrons. The fourth-order valence-corrected chi connectivity index (χ4v) is 7.21. The third-order valence-electron chi connectivity index (χ3n) is 9.05. The summed E-state index contributed by atoms with van der Waals surface area (Å²) in [6.07, 6.45) is 0.960. The zero-order valence-corrected chi connectivity index (χ0v) is 26.2. The van der Waals surface area contributed by atoms with E-state index in [1.54, 1.807) is 0 Å². The van der Waals surface area contributed by atoms with Gasteiger partial charge in [0.05, 0.1) is 13.2 Å². The minimum atomic E-state index is -0.766. The van der Waals surface area contributed by atoms with Gasteiger partial charge in [-0.3, -0.25) is 9.69 Å². The van der Waals surface area contributed by atoms with Crippen LogP contribution in [0.2, 0.25) is 0 Å². The van der Waals surface area contributed by atoms with Crippen molar-refractivity contribution < 1.29 is 14.3 Å².